The molecule has 0 saturated heterocycles. The number of fused-ring (bicyclic) bond motifs is 8. The molecule has 8 aromatic rings. The molecule has 1 nitrogen and oxygen atoms in total. The van der Waals surface area contributed by atoms with Gasteiger partial charge in [0.2, 0.25) is 0 Å². The highest BCUT2D eigenvalue weighted by molar-refractivity contribution is 7.25. The minimum atomic E-state index is 0.936. The van der Waals surface area contributed by atoms with E-state index in [0.29, 0.717) is 0 Å². The van der Waals surface area contributed by atoms with Crippen molar-refractivity contribution in [2.45, 2.75) is 0 Å². The van der Waals surface area contributed by atoms with Crippen LogP contribution in [-0.2, 0) is 0 Å². The molecule has 154 valence electrons. The minimum absolute atomic E-state index is 0.936. The highest BCUT2D eigenvalue weighted by Gasteiger charge is 2.16. The van der Waals surface area contributed by atoms with Crippen molar-refractivity contribution in [3.63, 3.8) is 0 Å². The highest BCUT2D eigenvalue weighted by atomic mass is 32.1. The van der Waals surface area contributed by atoms with Crippen LogP contribution >= 0.6 is 22.7 Å². The fourth-order valence-corrected chi connectivity index (χ4v) is 7.33. The Morgan fingerprint density at radius 1 is 0.515 bits per heavy atom. The van der Waals surface area contributed by atoms with Crippen LogP contribution in [0.5, 0.6) is 0 Å². The highest BCUT2D eigenvalue weighted by Crippen LogP contribution is 2.45. The van der Waals surface area contributed by atoms with E-state index in [9.17, 15) is 0 Å². The van der Waals surface area contributed by atoms with Crippen molar-refractivity contribution < 1.29 is 4.42 Å². The second kappa shape index (κ2) is 6.44. The molecule has 0 N–H and O–H groups in total. The van der Waals surface area contributed by atoms with E-state index < -0.39 is 0 Å². The van der Waals surface area contributed by atoms with Crippen LogP contribution in [0.25, 0.3) is 73.9 Å². The number of hydrogen-bond donors (Lipinski definition) is 0. The van der Waals surface area contributed by atoms with Gasteiger partial charge in [-0.3, -0.25) is 0 Å². The van der Waals surface area contributed by atoms with Crippen molar-refractivity contribution in [2.75, 3.05) is 0 Å². The molecule has 0 atom stereocenters. The van der Waals surface area contributed by atoms with Gasteiger partial charge in [0.05, 0.1) is 6.26 Å². The fraction of sp³-hybridized carbons (Fsp3) is 0. The van der Waals surface area contributed by atoms with E-state index in [1.54, 1.807) is 6.26 Å². The molecule has 0 aliphatic heterocycles. The van der Waals surface area contributed by atoms with Crippen LogP contribution in [0.3, 0.4) is 0 Å². The third-order valence-electron chi connectivity index (χ3n) is 6.79. The van der Waals surface area contributed by atoms with Gasteiger partial charge in [-0.25, -0.2) is 0 Å². The van der Waals surface area contributed by atoms with Crippen molar-refractivity contribution in [2.24, 2.45) is 0 Å². The van der Waals surface area contributed by atoms with Crippen molar-refractivity contribution in [3.8, 4) is 11.1 Å². The monoisotopic (exact) mass is 456 g/mol. The largest absolute Gasteiger partial charge is 0.464 e. The average molecular weight is 457 g/mol. The molecule has 0 spiro atoms. The van der Waals surface area contributed by atoms with Crippen molar-refractivity contribution >= 4 is 85.4 Å². The summed E-state index contributed by atoms with van der Waals surface area (Å²) in [7, 11) is 0. The number of thiophene rings is 2. The van der Waals surface area contributed by atoms with Crippen LogP contribution in [-0.4, -0.2) is 0 Å². The SMILES string of the molecule is c1ccc2c(-c3cc4cc5occc5cc4c4cc5sc6ccccc6c5cc34)csc2c1. The van der Waals surface area contributed by atoms with Crippen LogP contribution in [0.4, 0.5) is 0 Å². The number of furan rings is 1. The standard InChI is InChI=1S/C30H16OS2/c1-3-7-28-20(6-1)26(16-32-28)22-12-18-13-27-17(9-10-31-27)11-21(18)24-15-30-25(14-23(22)24)19-5-2-4-8-29(19)33-30/h1-16H. The molecule has 0 amide bonds. The molecule has 0 saturated carbocycles. The van der Waals surface area contributed by atoms with Crippen LogP contribution in [0.15, 0.2) is 101 Å². The van der Waals surface area contributed by atoms with Gasteiger partial charge in [0.25, 0.3) is 0 Å². The first kappa shape index (κ1) is 17.8. The lowest BCUT2D eigenvalue weighted by Gasteiger charge is -2.12. The summed E-state index contributed by atoms with van der Waals surface area (Å²) in [5, 5.41) is 12.6. The topological polar surface area (TPSA) is 13.1 Å². The number of hydrogen-bond acceptors (Lipinski definition) is 3. The third kappa shape index (κ3) is 2.46. The molecular weight excluding hydrogens is 440 g/mol. The van der Waals surface area contributed by atoms with E-state index in [0.717, 1.165) is 11.0 Å². The second-order valence-electron chi connectivity index (χ2n) is 8.59. The predicted octanol–water partition coefficient (Wildman–Crippen LogP) is 9.99. The van der Waals surface area contributed by atoms with E-state index >= 15 is 0 Å². The molecule has 3 heteroatoms. The Morgan fingerprint density at radius 2 is 1.36 bits per heavy atom. The van der Waals surface area contributed by atoms with Crippen LogP contribution in [0, 0.1) is 0 Å². The Kier molecular flexibility index (Phi) is 3.48. The molecule has 0 radical (unpaired) electrons. The quantitative estimate of drug-likeness (QED) is 0.224. The molecule has 0 aliphatic carbocycles. The Bertz CT molecular complexity index is 2030. The Labute approximate surface area is 197 Å². The summed E-state index contributed by atoms with van der Waals surface area (Å²) in [6, 6.07) is 31.2. The summed E-state index contributed by atoms with van der Waals surface area (Å²) in [5.74, 6) is 0. The maximum Gasteiger partial charge on any atom is 0.134 e. The first-order valence-electron chi connectivity index (χ1n) is 11.0. The first-order chi connectivity index (χ1) is 16.3. The lowest BCUT2D eigenvalue weighted by molar-refractivity contribution is 0.616. The molecule has 3 heterocycles. The van der Waals surface area contributed by atoms with Gasteiger partial charge >= 0.3 is 0 Å². The average Bonchev–Trinajstić information content (AvgIpc) is 3.57. The van der Waals surface area contributed by atoms with Gasteiger partial charge in [0.15, 0.2) is 0 Å². The molecule has 0 unspecified atom stereocenters. The van der Waals surface area contributed by atoms with Crippen LogP contribution in [0.2, 0.25) is 0 Å². The van der Waals surface area contributed by atoms with Gasteiger partial charge in [-0.05, 0) is 81.0 Å². The van der Waals surface area contributed by atoms with Crippen molar-refractivity contribution in [3.05, 3.63) is 96.6 Å². The Hall–Kier alpha value is -3.66. The summed E-state index contributed by atoms with van der Waals surface area (Å²) in [6.45, 7) is 0. The van der Waals surface area contributed by atoms with Crippen molar-refractivity contribution in [1.82, 2.24) is 0 Å². The minimum Gasteiger partial charge on any atom is -0.464 e. The summed E-state index contributed by atoms with van der Waals surface area (Å²) in [4.78, 5) is 0. The predicted molar refractivity (Wildman–Crippen MR) is 145 cm³/mol. The summed E-state index contributed by atoms with van der Waals surface area (Å²) in [5.41, 5.74) is 3.53. The summed E-state index contributed by atoms with van der Waals surface area (Å²) >= 11 is 3.70. The molecule has 5 aromatic carbocycles. The number of benzene rings is 5. The molecule has 0 fully saturated rings. The van der Waals surface area contributed by atoms with Crippen molar-refractivity contribution in [1.29, 1.82) is 0 Å². The molecule has 33 heavy (non-hydrogen) atoms. The van der Waals surface area contributed by atoms with E-state index in [1.807, 2.05) is 22.7 Å². The molecule has 0 bridgehead atoms. The van der Waals surface area contributed by atoms with Gasteiger partial charge in [-0.2, -0.15) is 0 Å². The second-order valence-corrected chi connectivity index (χ2v) is 10.6. The first-order valence-corrected chi connectivity index (χ1v) is 12.7. The molecular formula is C30H16OS2. The van der Waals surface area contributed by atoms with Crippen LogP contribution < -0.4 is 0 Å². The van der Waals surface area contributed by atoms with Gasteiger partial charge in [0, 0.05) is 41.2 Å². The summed E-state index contributed by atoms with van der Waals surface area (Å²) in [6.07, 6.45) is 1.78. The van der Waals surface area contributed by atoms with Gasteiger partial charge in [0.1, 0.15) is 5.58 Å². The van der Waals surface area contributed by atoms with Gasteiger partial charge < -0.3 is 4.42 Å². The molecule has 0 aliphatic rings. The lowest BCUT2D eigenvalue weighted by atomic mass is 9.91. The Balaban J connectivity index is 1.61. The lowest BCUT2D eigenvalue weighted by Crippen LogP contribution is -1.85. The maximum atomic E-state index is 5.75. The van der Waals surface area contributed by atoms with E-state index in [1.165, 1.54) is 62.9 Å². The van der Waals surface area contributed by atoms with E-state index in [4.69, 9.17) is 4.42 Å². The third-order valence-corrected chi connectivity index (χ3v) is 8.89. The van der Waals surface area contributed by atoms with E-state index in [-0.39, 0.29) is 0 Å². The maximum absolute atomic E-state index is 5.75. The zero-order chi connectivity index (χ0) is 21.5. The normalized spacial score (nSPS) is 12.2. The zero-order valence-electron chi connectivity index (χ0n) is 17.5. The Morgan fingerprint density at radius 3 is 2.30 bits per heavy atom. The molecule has 8 rings (SSSR count). The number of rotatable bonds is 1. The zero-order valence-corrected chi connectivity index (χ0v) is 19.1. The smallest absolute Gasteiger partial charge is 0.134 e. The van der Waals surface area contributed by atoms with Crippen LogP contribution in [0.1, 0.15) is 0 Å². The summed E-state index contributed by atoms with van der Waals surface area (Å²) < 4.78 is 9.75. The fourth-order valence-electron chi connectivity index (χ4n) is 5.24. The van der Waals surface area contributed by atoms with E-state index in [2.05, 4.69) is 90.3 Å². The molecule has 3 aromatic heterocycles. The van der Waals surface area contributed by atoms with Gasteiger partial charge in [-0.15, -0.1) is 22.7 Å². The van der Waals surface area contributed by atoms with Gasteiger partial charge in [-0.1, -0.05) is 36.4 Å².